The zero-order valence-electron chi connectivity index (χ0n) is 18.3. The molecule has 2 amide bonds. The molecule has 1 heterocycles. The molecule has 0 bridgehead atoms. The second-order valence-electron chi connectivity index (χ2n) is 7.53. The minimum atomic E-state index is -0.561. The molecule has 0 saturated heterocycles. The van der Waals surface area contributed by atoms with E-state index in [4.69, 9.17) is 10.5 Å². The van der Waals surface area contributed by atoms with E-state index in [9.17, 15) is 14.4 Å². The van der Waals surface area contributed by atoms with Gasteiger partial charge in [-0.1, -0.05) is 48.5 Å². The SMILES string of the molecule is Cc1cc(C(=O)OCC(=O)N(CCC(N)=O)c2ccccc2)c(C)n1Cc1ccccc1. The van der Waals surface area contributed by atoms with Gasteiger partial charge in [-0.2, -0.15) is 0 Å². The number of ether oxygens (including phenoxy) is 1. The van der Waals surface area contributed by atoms with E-state index in [-0.39, 0.29) is 13.0 Å². The summed E-state index contributed by atoms with van der Waals surface area (Å²) in [5.74, 6) is -1.50. The first kappa shape index (κ1) is 22.8. The lowest BCUT2D eigenvalue weighted by atomic mass is 10.2. The predicted octanol–water partition coefficient (Wildman–Crippen LogP) is 3.22. The van der Waals surface area contributed by atoms with Crippen molar-refractivity contribution in [1.29, 1.82) is 0 Å². The monoisotopic (exact) mass is 433 g/mol. The summed E-state index contributed by atoms with van der Waals surface area (Å²) in [7, 11) is 0. The smallest absolute Gasteiger partial charge is 0.340 e. The number of benzene rings is 2. The highest BCUT2D eigenvalue weighted by Crippen LogP contribution is 2.19. The fraction of sp³-hybridized carbons (Fsp3) is 0.240. The maximum absolute atomic E-state index is 12.8. The second-order valence-corrected chi connectivity index (χ2v) is 7.53. The summed E-state index contributed by atoms with van der Waals surface area (Å²) in [6, 6.07) is 20.6. The standard InChI is InChI=1S/C25H27N3O4/c1-18-15-22(19(2)28(18)16-20-9-5-3-6-10-20)25(31)32-17-24(30)27(14-13-23(26)29)21-11-7-4-8-12-21/h3-12,15H,13-14,16-17H2,1-2H3,(H2,26,29). The van der Waals surface area contributed by atoms with Crippen molar-refractivity contribution in [2.45, 2.75) is 26.8 Å². The van der Waals surface area contributed by atoms with Crippen molar-refractivity contribution >= 4 is 23.5 Å². The number of primary amides is 1. The Kier molecular flexibility index (Phi) is 7.44. The maximum Gasteiger partial charge on any atom is 0.340 e. The largest absolute Gasteiger partial charge is 0.452 e. The van der Waals surface area contributed by atoms with Crippen molar-refractivity contribution < 1.29 is 19.1 Å². The van der Waals surface area contributed by atoms with Crippen molar-refractivity contribution in [2.24, 2.45) is 5.73 Å². The van der Waals surface area contributed by atoms with E-state index in [0.29, 0.717) is 17.8 Å². The zero-order valence-corrected chi connectivity index (χ0v) is 18.3. The van der Waals surface area contributed by atoms with Gasteiger partial charge < -0.3 is 19.9 Å². The van der Waals surface area contributed by atoms with Gasteiger partial charge >= 0.3 is 5.97 Å². The number of nitrogens with two attached hydrogens (primary N) is 1. The van der Waals surface area contributed by atoms with E-state index < -0.39 is 24.4 Å². The maximum atomic E-state index is 12.8. The molecule has 1 aromatic heterocycles. The molecular formula is C25H27N3O4. The first-order valence-corrected chi connectivity index (χ1v) is 10.4. The molecule has 2 aromatic carbocycles. The van der Waals surface area contributed by atoms with E-state index in [1.165, 1.54) is 4.90 Å². The molecule has 7 heteroatoms. The van der Waals surface area contributed by atoms with Gasteiger partial charge in [0.15, 0.2) is 6.61 Å². The first-order valence-electron chi connectivity index (χ1n) is 10.4. The van der Waals surface area contributed by atoms with Crippen LogP contribution in [0.4, 0.5) is 5.69 Å². The molecule has 0 unspecified atom stereocenters. The van der Waals surface area contributed by atoms with Crippen LogP contribution in [-0.2, 0) is 20.9 Å². The van der Waals surface area contributed by atoms with Gasteiger partial charge in [-0.25, -0.2) is 4.79 Å². The van der Waals surface area contributed by atoms with Crippen LogP contribution >= 0.6 is 0 Å². The van der Waals surface area contributed by atoms with E-state index in [2.05, 4.69) is 0 Å². The molecule has 3 rings (SSSR count). The number of para-hydroxylation sites is 1. The number of carbonyl (C=O) groups is 3. The molecule has 0 spiro atoms. The number of carbonyl (C=O) groups excluding carboxylic acids is 3. The summed E-state index contributed by atoms with van der Waals surface area (Å²) in [6.45, 7) is 4.10. The molecule has 166 valence electrons. The Balaban J connectivity index is 1.69. The Labute approximate surface area is 187 Å². The summed E-state index contributed by atoms with van der Waals surface area (Å²) in [5.41, 5.74) is 9.10. The molecule has 0 aliphatic rings. The Bertz CT molecular complexity index is 1090. The van der Waals surface area contributed by atoms with Gasteiger partial charge in [-0.15, -0.1) is 0 Å². The third-order valence-electron chi connectivity index (χ3n) is 5.25. The van der Waals surface area contributed by atoms with Crippen LogP contribution in [0.25, 0.3) is 0 Å². The van der Waals surface area contributed by atoms with E-state index in [1.807, 2.05) is 54.8 Å². The van der Waals surface area contributed by atoms with Crippen LogP contribution in [0, 0.1) is 13.8 Å². The quantitative estimate of drug-likeness (QED) is 0.524. The van der Waals surface area contributed by atoms with Gasteiger partial charge in [-0.3, -0.25) is 9.59 Å². The molecule has 0 radical (unpaired) electrons. The van der Waals surface area contributed by atoms with Crippen molar-refractivity contribution in [2.75, 3.05) is 18.1 Å². The van der Waals surface area contributed by atoms with Crippen LogP contribution in [0.5, 0.6) is 0 Å². The van der Waals surface area contributed by atoms with E-state index in [1.54, 1.807) is 30.3 Å². The van der Waals surface area contributed by atoms with E-state index >= 15 is 0 Å². The van der Waals surface area contributed by atoms with Crippen LogP contribution in [-0.4, -0.2) is 35.5 Å². The van der Waals surface area contributed by atoms with Crippen LogP contribution in [0.1, 0.15) is 33.7 Å². The van der Waals surface area contributed by atoms with Crippen molar-refractivity contribution in [3.63, 3.8) is 0 Å². The molecular weight excluding hydrogens is 406 g/mol. The fourth-order valence-electron chi connectivity index (χ4n) is 3.53. The highest BCUT2D eigenvalue weighted by Gasteiger charge is 2.21. The molecule has 0 aliphatic carbocycles. The van der Waals surface area contributed by atoms with E-state index in [0.717, 1.165) is 17.0 Å². The number of hydrogen-bond acceptors (Lipinski definition) is 4. The second kappa shape index (κ2) is 10.4. The highest BCUT2D eigenvalue weighted by molar-refractivity contribution is 5.98. The number of anilines is 1. The number of nitrogens with zero attached hydrogens (tertiary/aromatic N) is 2. The predicted molar refractivity (Wildman–Crippen MR) is 122 cm³/mol. The van der Waals surface area contributed by atoms with Crippen molar-refractivity contribution in [3.8, 4) is 0 Å². The van der Waals surface area contributed by atoms with Gasteiger partial charge in [0, 0.05) is 36.6 Å². The summed E-state index contributed by atoms with van der Waals surface area (Å²) in [5, 5.41) is 0. The molecule has 32 heavy (non-hydrogen) atoms. The van der Waals surface area contributed by atoms with Gasteiger partial charge in [-0.05, 0) is 37.6 Å². The van der Waals surface area contributed by atoms with Crippen molar-refractivity contribution in [3.05, 3.63) is 89.2 Å². The normalized spacial score (nSPS) is 10.6. The number of aryl methyl sites for hydroxylation is 1. The Hall–Kier alpha value is -3.87. The molecule has 0 aliphatic heterocycles. The summed E-state index contributed by atoms with van der Waals surface area (Å²) < 4.78 is 7.38. The topological polar surface area (TPSA) is 94.6 Å². The zero-order chi connectivity index (χ0) is 23.1. The fourth-order valence-corrected chi connectivity index (χ4v) is 3.53. The van der Waals surface area contributed by atoms with Gasteiger partial charge in [0.1, 0.15) is 0 Å². The minimum absolute atomic E-state index is 0.00915. The molecule has 7 nitrogen and oxygen atoms in total. The average Bonchev–Trinajstić information content (AvgIpc) is 3.07. The summed E-state index contributed by atoms with van der Waals surface area (Å²) in [4.78, 5) is 38.1. The van der Waals surface area contributed by atoms with Crippen LogP contribution in [0.2, 0.25) is 0 Å². The van der Waals surface area contributed by atoms with Gasteiger partial charge in [0.05, 0.1) is 5.56 Å². The Morgan fingerprint density at radius 3 is 2.22 bits per heavy atom. The molecule has 0 fully saturated rings. The number of rotatable bonds is 9. The molecule has 0 atom stereocenters. The van der Waals surface area contributed by atoms with Crippen molar-refractivity contribution in [1.82, 2.24) is 4.57 Å². The third-order valence-corrected chi connectivity index (χ3v) is 5.25. The lowest BCUT2D eigenvalue weighted by Gasteiger charge is -2.22. The lowest BCUT2D eigenvalue weighted by molar-refractivity contribution is -0.121. The highest BCUT2D eigenvalue weighted by atomic mass is 16.5. The van der Waals surface area contributed by atoms with Crippen LogP contribution in [0.15, 0.2) is 66.7 Å². The molecule has 2 N–H and O–H groups in total. The lowest BCUT2D eigenvalue weighted by Crippen LogP contribution is -2.37. The molecule has 0 saturated carbocycles. The van der Waals surface area contributed by atoms with Crippen LogP contribution in [0.3, 0.4) is 0 Å². The number of esters is 1. The first-order chi connectivity index (χ1) is 15.4. The van der Waals surface area contributed by atoms with Gasteiger partial charge in [0.2, 0.25) is 5.91 Å². The third kappa shape index (κ3) is 5.63. The number of hydrogen-bond donors (Lipinski definition) is 1. The number of amides is 2. The molecule has 3 aromatic rings. The minimum Gasteiger partial charge on any atom is -0.452 e. The average molecular weight is 434 g/mol. The Morgan fingerprint density at radius 2 is 1.59 bits per heavy atom. The van der Waals surface area contributed by atoms with Gasteiger partial charge in [0.25, 0.3) is 5.91 Å². The summed E-state index contributed by atoms with van der Waals surface area (Å²) in [6.07, 6.45) is 0.00915. The Morgan fingerprint density at radius 1 is 0.969 bits per heavy atom. The number of aromatic nitrogens is 1. The summed E-state index contributed by atoms with van der Waals surface area (Å²) >= 11 is 0. The van der Waals surface area contributed by atoms with Crippen LogP contribution < -0.4 is 10.6 Å².